The van der Waals surface area contributed by atoms with Crippen LogP contribution in [-0.2, 0) is 10.0 Å². The third-order valence-electron chi connectivity index (χ3n) is 2.81. The van der Waals surface area contributed by atoms with Crippen LogP contribution in [0.4, 0.5) is 5.69 Å². The number of aromatic nitrogens is 2. The van der Waals surface area contributed by atoms with Crippen LogP contribution in [0.25, 0.3) is 0 Å². The van der Waals surface area contributed by atoms with Gasteiger partial charge in [0, 0.05) is 0 Å². The van der Waals surface area contributed by atoms with Gasteiger partial charge < -0.3 is 9.72 Å². The van der Waals surface area contributed by atoms with Crippen LogP contribution in [0.2, 0.25) is 0 Å². The minimum absolute atomic E-state index is 0.0296. The Morgan fingerprint density at radius 1 is 1.33 bits per heavy atom. The zero-order chi connectivity index (χ0) is 15.5. The number of aromatic amines is 1. The lowest BCUT2D eigenvalue weighted by atomic mass is 10.2. The van der Waals surface area contributed by atoms with Crippen molar-refractivity contribution in [1.29, 1.82) is 0 Å². The second-order valence-corrected chi connectivity index (χ2v) is 6.44. The number of nitrogens with zero attached hydrogens (tertiary/aromatic N) is 1. The topological polar surface area (TPSA) is 84.1 Å². The lowest BCUT2D eigenvalue weighted by molar-refractivity contribution is 0.319. The lowest BCUT2D eigenvalue weighted by Crippen LogP contribution is -2.14. The molecule has 2 aromatic rings. The van der Waals surface area contributed by atoms with E-state index < -0.39 is 10.0 Å². The molecule has 0 radical (unpaired) electrons. The predicted octanol–water partition coefficient (Wildman–Crippen LogP) is 2.62. The molecule has 114 valence electrons. The second-order valence-electron chi connectivity index (χ2n) is 4.79. The van der Waals surface area contributed by atoms with Crippen molar-refractivity contribution in [1.82, 2.24) is 9.97 Å². The summed E-state index contributed by atoms with van der Waals surface area (Å²) in [5, 5.41) is 0.0296. The fraction of sp³-hybridized carbons (Fsp3) is 0.357. The summed E-state index contributed by atoms with van der Waals surface area (Å²) >= 11 is 0. The summed E-state index contributed by atoms with van der Waals surface area (Å²) in [6.07, 6.45) is 2.14. The molecule has 0 aliphatic rings. The standard InChI is InChI=1S/C14H19N3O3S/c1-4-7-20-13-8-10(2)5-6-12(13)17-21(18,19)14-9-15-11(3)16-14/h5-6,8-9,17H,4,7H2,1-3H3,(H,15,16). The molecule has 0 fully saturated rings. The van der Waals surface area contributed by atoms with Gasteiger partial charge in [-0.2, -0.15) is 8.42 Å². The maximum Gasteiger partial charge on any atom is 0.279 e. The van der Waals surface area contributed by atoms with Gasteiger partial charge in [-0.15, -0.1) is 0 Å². The summed E-state index contributed by atoms with van der Waals surface area (Å²) < 4.78 is 32.7. The SMILES string of the molecule is CCCOc1cc(C)ccc1NS(=O)(=O)c1cnc(C)[nH]1. The van der Waals surface area contributed by atoms with Gasteiger partial charge in [0.2, 0.25) is 0 Å². The molecule has 7 heteroatoms. The van der Waals surface area contributed by atoms with Crippen LogP contribution in [0, 0.1) is 13.8 Å². The first kappa shape index (κ1) is 15.4. The Kier molecular flexibility index (Phi) is 4.52. The summed E-state index contributed by atoms with van der Waals surface area (Å²) in [6, 6.07) is 5.34. The average Bonchev–Trinajstić information content (AvgIpc) is 2.86. The number of H-pyrrole nitrogens is 1. The number of sulfonamides is 1. The molecule has 0 spiro atoms. The van der Waals surface area contributed by atoms with Crippen LogP contribution in [-0.4, -0.2) is 25.0 Å². The number of benzene rings is 1. The number of nitrogens with one attached hydrogen (secondary N) is 2. The Labute approximate surface area is 124 Å². The van der Waals surface area contributed by atoms with Crippen molar-refractivity contribution in [3.63, 3.8) is 0 Å². The normalized spacial score (nSPS) is 11.4. The summed E-state index contributed by atoms with van der Waals surface area (Å²) in [5.74, 6) is 1.07. The molecule has 0 unspecified atom stereocenters. The van der Waals surface area contributed by atoms with Crippen molar-refractivity contribution in [2.45, 2.75) is 32.2 Å². The molecule has 0 amide bonds. The first-order valence-electron chi connectivity index (χ1n) is 6.70. The summed E-state index contributed by atoms with van der Waals surface area (Å²) in [5.41, 5.74) is 1.42. The number of ether oxygens (including phenoxy) is 1. The monoisotopic (exact) mass is 309 g/mol. The van der Waals surface area contributed by atoms with Gasteiger partial charge in [-0.3, -0.25) is 4.72 Å². The fourth-order valence-corrected chi connectivity index (χ4v) is 2.82. The van der Waals surface area contributed by atoms with Crippen molar-refractivity contribution in [2.24, 2.45) is 0 Å². The first-order chi connectivity index (χ1) is 9.92. The highest BCUT2D eigenvalue weighted by atomic mass is 32.2. The van der Waals surface area contributed by atoms with Gasteiger partial charge in [0.25, 0.3) is 10.0 Å². The minimum atomic E-state index is -3.70. The van der Waals surface area contributed by atoms with E-state index >= 15 is 0 Å². The smallest absolute Gasteiger partial charge is 0.279 e. The van der Waals surface area contributed by atoms with Gasteiger partial charge in [0.15, 0.2) is 5.03 Å². The molecule has 0 aliphatic carbocycles. The van der Waals surface area contributed by atoms with E-state index in [-0.39, 0.29) is 5.03 Å². The van der Waals surface area contributed by atoms with E-state index in [1.54, 1.807) is 13.0 Å². The Morgan fingerprint density at radius 3 is 2.71 bits per heavy atom. The number of hydrogen-bond donors (Lipinski definition) is 2. The lowest BCUT2D eigenvalue weighted by Gasteiger charge is -2.13. The van der Waals surface area contributed by atoms with Gasteiger partial charge >= 0.3 is 0 Å². The van der Waals surface area contributed by atoms with Crippen molar-refractivity contribution in [2.75, 3.05) is 11.3 Å². The molecule has 6 nitrogen and oxygen atoms in total. The van der Waals surface area contributed by atoms with Crippen molar-refractivity contribution in [3.05, 3.63) is 35.8 Å². The molecule has 2 N–H and O–H groups in total. The average molecular weight is 309 g/mol. The highest BCUT2D eigenvalue weighted by Gasteiger charge is 2.18. The zero-order valence-corrected chi connectivity index (χ0v) is 13.1. The van der Waals surface area contributed by atoms with E-state index in [9.17, 15) is 8.42 Å². The Hall–Kier alpha value is -2.02. The highest BCUT2D eigenvalue weighted by Crippen LogP contribution is 2.28. The third kappa shape index (κ3) is 3.75. The van der Waals surface area contributed by atoms with Crippen molar-refractivity contribution < 1.29 is 13.2 Å². The number of hydrogen-bond acceptors (Lipinski definition) is 4. The Balaban J connectivity index is 2.30. The fourth-order valence-electron chi connectivity index (χ4n) is 1.78. The van der Waals surface area contributed by atoms with E-state index in [0.717, 1.165) is 12.0 Å². The summed E-state index contributed by atoms with van der Waals surface area (Å²) in [7, 11) is -3.70. The van der Waals surface area contributed by atoms with Gasteiger partial charge in [-0.1, -0.05) is 13.0 Å². The van der Waals surface area contributed by atoms with E-state index in [1.165, 1.54) is 6.20 Å². The van der Waals surface area contributed by atoms with Gasteiger partial charge in [0.1, 0.15) is 11.6 Å². The van der Waals surface area contributed by atoms with Crippen LogP contribution >= 0.6 is 0 Å². The maximum atomic E-state index is 12.3. The third-order valence-corrected chi connectivity index (χ3v) is 4.09. The highest BCUT2D eigenvalue weighted by molar-refractivity contribution is 7.92. The molecule has 21 heavy (non-hydrogen) atoms. The van der Waals surface area contributed by atoms with Crippen molar-refractivity contribution in [3.8, 4) is 5.75 Å². The van der Waals surface area contributed by atoms with E-state index in [4.69, 9.17) is 4.74 Å². The van der Waals surface area contributed by atoms with Gasteiger partial charge in [-0.25, -0.2) is 4.98 Å². The van der Waals surface area contributed by atoms with Crippen LogP contribution in [0.15, 0.2) is 29.4 Å². The second kappa shape index (κ2) is 6.17. The number of rotatable bonds is 6. The van der Waals surface area contributed by atoms with Crippen LogP contribution < -0.4 is 9.46 Å². The number of imidazole rings is 1. The molecular weight excluding hydrogens is 290 g/mol. The molecule has 1 aromatic carbocycles. The van der Waals surface area contributed by atoms with Gasteiger partial charge in [-0.05, 0) is 38.0 Å². The van der Waals surface area contributed by atoms with Crippen LogP contribution in [0.5, 0.6) is 5.75 Å². The summed E-state index contributed by atoms with van der Waals surface area (Å²) in [4.78, 5) is 6.61. The van der Waals surface area contributed by atoms with Crippen molar-refractivity contribution >= 4 is 15.7 Å². The molecule has 0 atom stereocenters. The molecule has 0 aliphatic heterocycles. The van der Waals surface area contributed by atoms with E-state index in [0.29, 0.717) is 23.9 Å². The Bertz CT molecular complexity index is 723. The van der Waals surface area contributed by atoms with Crippen LogP contribution in [0.3, 0.4) is 0 Å². The largest absolute Gasteiger partial charge is 0.491 e. The molecule has 1 heterocycles. The first-order valence-corrected chi connectivity index (χ1v) is 8.18. The molecule has 0 saturated heterocycles. The predicted molar refractivity (Wildman–Crippen MR) is 81.1 cm³/mol. The molecule has 0 bridgehead atoms. The van der Waals surface area contributed by atoms with Gasteiger partial charge in [0.05, 0.1) is 18.5 Å². The molecular formula is C14H19N3O3S. The Morgan fingerprint density at radius 2 is 2.10 bits per heavy atom. The zero-order valence-electron chi connectivity index (χ0n) is 12.3. The minimum Gasteiger partial charge on any atom is -0.491 e. The van der Waals surface area contributed by atoms with E-state index in [2.05, 4.69) is 14.7 Å². The van der Waals surface area contributed by atoms with E-state index in [1.807, 2.05) is 26.0 Å². The van der Waals surface area contributed by atoms with Crippen LogP contribution in [0.1, 0.15) is 24.7 Å². The number of aryl methyl sites for hydroxylation is 2. The number of anilines is 1. The maximum absolute atomic E-state index is 12.3. The summed E-state index contributed by atoms with van der Waals surface area (Å²) in [6.45, 7) is 6.14. The quantitative estimate of drug-likeness (QED) is 0.859. The molecule has 2 rings (SSSR count). The molecule has 0 saturated carbocycles. The molecule has 1 aromatic heterocycles.